The SMILES string of the molecule is CC[N+]1=C=[N+](C)c2ccccc21. The predicted octanol–water partition coefficient (Wildman–Crippen LogP) is 1.81. The van der Waals surface area contributed by atoms with E-state index < -0.39 is 0 Å². The van der Waals surface area contributed by atoms with Crippen molar-refractivity contribution in [1.29, 1.82) is 0 Å². The van der Waals surface area contributed by atoms with Crippen LogP contribution in [0.4, 0.5) is 11.4 Å². The van der Waals surface area contributed by atoms with Crippen LogP contribution in [0.5, 0.6) is 0 Å². The van der Waals surface area contributed by atoms with Crippen LogP contribution in [0.3, 0.4) is 0 Å². The molecular weight excluding hydrogens is 148 g/mol. The molecule has 0 aliphatic carbocycles. The maximum atomic E-state index is 3.24. The first-order chi connectivity index (χ1) is 5.83. The summed E-state index contributed by atoms with van der Waals surface area (Å²) < 4.78 is 4.15. The van der Waals surface area contributed by atoms with E-state index in [9.17, 15) is 0 Å². The third kappa shape index (κ3) is 0.892. The first-order valence-electron chi connectivity index (χ1n) is 4.19. The highest BCUT2D eigenvalue weighted by Crippen LogP contribution is 2.27. The van der Waals surface area contributed by atoms with Gasteiger partial charge in [0.15, 0.2) is 13.6 Å². The average Bonchev–Trinajstić information content (AvgIpc) is 2.44. The van der Waals surface area contributed by atoms with Crippen molar-refractivity contribution in [3.8, 4) is 0 Å². The van der Waals surface area contributed by atoms with E-state index in [2.05, 4.69) is 41.8 Å². The van der Waals surface area contributed by atoms with Gasteiger partial charge in [0, 0.05) is 12.1 Å². The molecule has 2 nitrogen and oxygen atoms in total. The van der Waals surface area contributed by atoms with Crippen LogP contribution in [-0.2, 0) is 0 Å². The molecule has 1 aromatic rings. The zero-order chi connectivity index (χ0) is 8.55. The van der Waals surface area contributed by atoms with E-state index in [1.54, 1.807) is 0 Å². The lowest BCUT2D eigenvalue weighted by Crippen LogP contribution is -1.99. The van der Waals surface area contributed by atoms with Crippen LogP contribution in [0.1, 0.15) is 6.92 Å². The lowest BCUT2D eigenvalue weighted by molar-refractivity contribution is -0.450. The molecule has 0 radical (unpaired) electrons. The Hall–Kier alpha value is -1.40. The van der Waals surface area contributed by atoms with Crippen LogP contribution in [-0.4, -0.2) is 28.8 Å². The third-order valence-corrected chi connectivity index (χ3v) is 2.12. The number of nitrogens with zero attached hydrogens (tertiary/aromatic N) is 2. The second-order valence-electron chi connectivity index (χ2n) is 2.89. The number of rotatable bonds is 1. The first kappa shape index (κ1) is 7.26. The number of fused-ring (bicyclic) bond motifs is 1. The molecule has 1 heterocycles. The Morgan fingerprint density at radius 3 is 2.58 bits per heavy atom. The van der Waals surface area contributed by atoms with Gasteiger partial charge in [-0.2, -0.15) is 0 Å². The number of hydrogen-bond acceptors (Lipinski definition) is 0. The van der Waals surface area contributed by atoms with Crippen LogP contribution >= 0.6 is 0 Å². The molecule has 0 unspecified atom stereocenters. The zero-order valence-electron chi connectivity index (χ0n) is 7.41. The molecule has 2 heteroatoms. The standard InChI is InChI=1S/C10H12N2/c1-3-12-8-11(2)9-6-4-5-7-10(9)12/h4-7H,3H2,1-2H3/q+2. The molecule has 0 saturated heterocycles. The Morgan fingerprint density at radius 2 is 1.92 bits per heavy atom. The summed E-state index contributed by atoms with van der Waals surface area (Å²) in [5.74, 6) is 0. The topological polar surface area (TPSA) is 6.02 Å². The Labute approximate surface area is 72.1 Å². The van der Waals surface area contributed by atoms with Crippen molar-refractivity contribution in [2.24, 2.45) is 0 Å². The summed E-state index contributed by atoms with van der Waals surface area (Å²) in [5, 5.41) is 0. The summed E-state index contributed by atoms with van der Waals surface area (Å²) in [7, 11) is 2.02. The molecule has 1 aromatic carbocycles. The molecule has 0 saturated carbocycles. The fourth-order valence-corrected chi connectivity index (χ4v) is 1.51. The number of para-hydroxylation sites is 2. The first-order valence-corrected chi connectivity index (χ1v) is 4.19. The van der Waals surface area contributed by atoms with Crippen molar-refractivity contribution < 1.29 is 9.15 Å². The van der Waals surface area contributed by atoms with Crippen molar-refractivity contribution in [2.75, 3.05) is 13.6 Å². The minimum absolute atomic E-state index is 0.974. The molecular formula is C10H12N2+2. The highest BCUT2D eigenvalue weighted by molar-refractivity contribution is 5.58. The summed E-state index contributed by atoms with van der Waals surface area (Å²) >= 11 is 0. The van der Waals surface area contributed by atoms with Gasteiger partial charge in [-0.1, -0.05) is 21.3 Å². The largest absolute Gasteiger partial charge is 0.489 e. The van der Waals surface area contributed by atoms with E-state index in [0.717, 1.165) is 6.54 Å². The Balaban J connectivity index is 2.63. The van der Waals surface area contributed by atoms with Gasteiger partial charge in [0.2, 0.25) is 0 Å². The van der Waals surface area contributed by atoms with Crippen molar-refractivity contribution in [3.63, 3.8) is 0 Å². The minimum Gasteiger partial charge on any atom is -0.0898 e. The molecule has 0 N–H and O–H groups in total. The van der Waals surface area contributed by atoms with Crippen LogP contribution in [0.2, 0.25) is 0 Å². The predicted molar refractivity (Wildman–Crippen MR) is 47.8 cm³/mol. The quantitative estimate of drug-likeness (QED) is 0.553. The molecule has 0 amide bonds. The molecule has 1 aliphatic rings. The average molecular weight is 160 g/mol. The summed E-state index contributed by atoms with van der Waals surface area (Å²) in [6, 6.07) is 11.6. The van der Waals surface area contributed by atoms with Gasteiger partial charge >= 0.3 is 6.01 Å². The van der Waals surface area contributed by atoms with Gasteiger partial charge in [0.1, 0.15) is 0 Å². The van der Waals surface area contributed by atoms with Crippen molar-refractivity contribution in [1.82, 2.24) is 0 Å². The molecule has 2 rings (SSSR count). The number of hydrogen-bond donors (Lipinski definition) is 0. The van der Waals surface area contributed by atoms with Gasteiger partial charge < -0.3 is 0 Å². The number of benzene rings is 1. The van der Waals surface area contributed by atoms with E-state index in [0.29, 0.717) is 0 Å². The second kappa shape index (κ2) is 2.58. The molecule has 0 atom stereocenters. The van der Waals surface area contributed by atoms with Crippen molar-refractivity contribution in [2.45, 2.75) is 6.92 Å². The molecule has 60 valence electrons. The van der Waals surface area contributed by atoms with Gasteiger partial charge in [-0.05, 0) is 6.92 Å². The van der Waals surface area contributed by atoms with Crippen LogP contribution in [0.25, 0.3) is 0 Å². The third-order valence-electron chi connectivity index (χ3n) is 2.12. The van der Waals surface area contributed by atoms with Crippen LogP contribution < -0.4 is 0 Å². The molecule has 0 aromatic heterocycles. The zero-order valence-corrected chi connectivity index (χ0v) is 7.41. The van der Waals surface area contributed by atoms with Gasteiger partial charge in [-0.25, -0.2) is 0 Å². The monoisotopic (exact) mass is 160 g/mol. The van der Waals surface area contributed by atoms with E-state index in [1.807, 2.05) is 11.6 Å². The Morgan fingerprint density at radius 1 is 1.25 bits per heavy atom. The summed E-state index contributed by atoms with van der Waals surface area (Å²) in [6.45, 7) is 3.10. The van der Waals surface area contributed by atoms with E-state index in [-0.39, 0.29) is 0 Å². The van der Waals surface area contributed by atoms with Gasteiger partial charge in [0.25, 0.3) is 11.4 Å². The summed E-state index contributed by atoms with van der Waals surface area (Å²) in [6.07, 6.45) is 0. The molecule has 0 fully saturated rings. The van der Waals surface area contributed by atoms with E-state index >= 15 is 0 Å². The fourth-order valence-electron chi connectivity index (χ4n) is 1.51. The minimum atomic E-state index is 0.974. The smallest absolute Gasteiger partial charge is 0.0898 e. The molecule has 12 heavy (non-hydrogen) atoms. The van der Waals surface area contributed by atoms with Gasteiger partial charge in [-0.15, -0.1) is 0 Å². The van der Waals surface area contributed by atoms with E-state index in [1.165, 1.54) is 11.4 Å². The Kier molecular flexibility index (Phi) is 1.56. The lowest BCUT2D eigenvalue weighted by atomic mass is 10.2. The molecule has 0 spiro atoms. The molecule has 1 aliphatic heterocycles. The highest BCUT2D eigenvalue weighted by Gasteiger charge is 2.28. The second-order valence-corrected chi connectivity index (χ2v) is 2.89. The maximum absolute atomic E-state index is 3.24. The van der Waals surface area contributed by atoms with Crippen molar-refractivity contribution >= 4 is 17.4 Å². The summed E-state index contributed by atoms with van der Waals surface area (Å²) in [4.78, 5) is 0. The summed E-state index contributed by atoms with van der Waals surface area (Å²) in [5.41, 5.74) is 2.49. The maximum Gasteiger partial charge on any atom is 0.489 e. The Bertz CT molecular complexity index is 385. The fraction of sp³-hybridized carbons (Fsp3) is 0.300. The van der Waals surface area contributed by atoms with Crippen molar-refractivity contribution in [3.05, 3.63) is 24.3 Å². The molecule has 0 bridgehead atoms. The highest BCUT2D eigenvalue weighted by atomic mass is 15.1. The lowest BCUT2D eigenvalue weighted by Gasteiger charge is -1.89. The van der Waals surface area contributed by atoms with Crippen LogP contribution in [0, 0.1) is 0 Å². The van der Waals surface area contributed by atoms with Gasteiger partial charge in [0.05, 0.1) is 0 Å². The van der Waals surface area contributed by atoms with E-state index in [4.69, 9.17) is 0 Å². The van der Waals surface area contributed by atoms with Gasteiger partial charge in [-0.3, -0.25) is 0 Å². The normalized spacial score (nSPS) is 13.8. The van der Waals surface area contributed by atoms with Crippen LogP contribution in [0.15, 0.2) is 24.3 Å².